The van der Waals surface area contributed by atoms with Crippen LogP contribution in [-0.4, -0.2) is 50.8 Å². The number of hydrogen-bond donors (Lipinski definition) is 1. The molecule has 0 amide bonds. The van der Waals surface area contributed by atoms with E-state index in [1.165, 1.54) is 18.2 Å². The van der Waals surface area contributed by atoms with Gasteiger partial charge in [0, 0.05) is 6.54 Å². The molecule has 0 unspecified atom stereocenters. The van der Waals surface area contributed by atoms with E-state index < -0.39 is 15.8 Å². The van der Waals surface area contributed by atoms with Crippen molar-refractivity contribution in [1.82, 2.24) is 4.90 Å². The van der Waals surface area contributed by atoms with E-state index in [2.05, 4.69) is 0 Å². The Morgan fingerprint density at radius 2 is 2.00 bits per heavy atom. The smallest absolute Gasteiger partial charge is 0.337 e. The van der Waals surface area contributed by atoms with Crippen molar-refractivity contribution in [2.45, 2.75) is 4.90 Å². The van der Waals surface area contributed by atoms with Gasteiger partial charge in [-0.2, -0.15) is 0 Å². The number of carboxylic acid groups (broad SMARTS) is 1. The lowest BCUT2D eigenvalue weighted by Gasteiger charge is -2.10. The summed E-state index contributed by atoms with van der Waals surface area (Å²) >= 11 is 5.74. The molecule has 0 fully saturated rings. The molecular formula is C11H14ClNO4S. The highest BCUT2D eigenvalue weighted by Crippen LogP contribution is 2.21. The maximum absolute atomic E-state index is 11.9. The van der Waals surface area contributed by atoms with Crippen LogP contribution in [0, 0.1) is 0 Å². The largest absolute Gasteiger partial charge is 0.478 e. The molecule has 0 saturated heterocycles. The Morgan fingerprint density at radius 1 is 1.39 bits per heavy atom. The lowest BCUT2D eigenvalue weighted by Crippen LogP contribution is -2.22. The third-order valence-electron chi connectivity index (χ3n) is 2.34. The normalized spacial score (nSPS) is 11.8. The van der Waals surface area contributed by atoms with Gasteiger partial charge in [0.1, 0.15) is 0 Å². The lowest BCUT2D eigenvalue weighted by molar-refractivity contribution is 0.0697. The first-order chi connectivity index (χ1) is 8.24. The average molecular weight is 292 g/mol. The van der Waals surface area contributed by atoms with E-state index in [1.807, 2.05) is 0 Å². The summed E-state index contributed by atoms with van der Waals surface area (Å²) in [6.45, 7) is 0.390. The molecule has 5 nitrogen and oxygen atoms in total. The third-order valence-corrected chi connectivity index (χ3v) is 4.34. The molecule has 0 spiro atoms. The molecule has 0 bridgehead atoms. The molecule has 7 heteroatoms. The Kier molecular flexibility index (Phi) is 4.72. The van der Waals surface area contributed by atoms with Crippen LogP contribution in [0.5, 0.6) is 0 Å². The Balaban J connectivity index is 3.04. The lowest BCUT2D eigenvalue weighted by atomic mass is 10.2. The zero-order chi connectivity index (χ0) is 13.9. The van der Waals surface area contributed by atoms with Crippen molar-refractivity contribution in [3.05, 3.63) is 28.8 Å². The van der Waals surface area contributed by atoms with Gasteiger partial charge in [0.25, 0.3) is 0 Å². The topological polar surface area (TPSA) is 74.7 Å². The fourth-order valence-corrected chi connectivity index (χ4v) is 3.02. The van der Waals surface area contributed by atoms with Crippen molar-refractivity contribution in [3.63, 3.8) is 0 Å². The van der Waals surface area contributed by atoms with E-state index in [9.17, 15) is 13.2 Å². The van der Waals surface area contributed by atoms with Gasteiger partial charge in [0.15, 0.2) is 9.84 Å². The number of carboxylic acids is 1. The van der Waals surface area contributed by atoms with Gasteiger partial charge in [0.05, 0.1) is 21.2 Å². The molecule has 1 aromatic rings. The molecule has 1 N–H and O–H groups in total. The fraction of sp³-hybridized carbons (Fsp3) is 0.364. The van der Waals surface area contributed by atoms with Crippen LogP contribution in [0.2, 0.25) is 5.02 Å². The fourth-order valence-electron chi connectivity index (χ4n) is 1.28. The van der Waals surface area contributed by atoms with E-state index in [0.29, 0.717) is 6.54 Å². The summed E-state index contributed by atoms with van der Waals surface area (Å²) in [6.07, 6.45) is 0. The highest BCUT2D eigenvalue weighted by molar-refractivity contribution is 7.91. The molecule has 0 aliphatic rings. The molecule has 1 rings (SSSR count). The predicted molar refractivity (Wildman–Crippen MR) is 69.0 cm³/mol. The number of carbonyl (C=O) groups is 1. The van der Waals surface area contributed by atoms with Gasteiger partial charge in [-0.1, -0.05) is 11.6 Å². The summed E-state index contributed by atoms with van der Waals surface area (Å²) in [6, 6.07) is 3.64. The number of halogens is 1. The maximum Gasteiger partial charge on any atom is 0.337 e. The van der Waals surface area contributed by atoms with E-state index in [0.717, 1.165) is 0 Å². The predicted octanol–water partition coefficient (Wildman–Crippen LogP) is 1.37. The van der Waals surface area contributed by atoms with Crippen LogP contribution in [0.1, 0.15) is 10.4 Å². The van der Waals surface area contributed by atoms with Gasteiger partial charge in [-0.15, -0.1) is 0 Å². The van der Waals surface area contributed by atoms with E-state index in [-0.39, 0.29) is 21.2 Å². The Morgan fingerprint density at radius 3 is 2.44 bits per heavy atom. The molecule has 100 valence electrons. The summed E-state index contributed by atoms with van der Waals surface area (Å²) < 4.78 is 23.9. The molecular weight excluding hydrogens is 278 g/mol. The van der Waals surface area contributed by atoms with Crippen molar-refractivity contribution in [1.29, 1.82) is 0 Å². The molecule has 18 heavy (non-hydrogen) atoms. The molecule has 0 radical (unpaired) electrons. The van der Waals surface area contributed by atoms with E-state index in [1.54, 1.807) is 19.0 Å². The maximum atomic E-state index is 11.9. The summed E-state index contributed by atoms with van der Waals surface area (Å²) in [5.74, 6) is -1.22. The van der Waals surface area contributed by atoms with Gasteiger partial charge in [-0.3, -0.25) is 0 Å². The van der Waals surface area contributed by atoms with Crippen LogP contribution >= 0.6 is 11.6 Å². The average Bonchev–Trinajstić information content (AvgIpc) is 2.26. The molecule has 0 heterocycles. The monoisotopic (exact) mass is 291 g/mol. The number of benzene rings is 1. The molecule has 0 saturated carbocycles. The van der Waals surface area contributed by atoms with E-state index >= 15 is 0 Å². The SMILES string of the molecule is CN(C)CCS(=O)(=O)c1ccc(C(=O)O)c(Cl)c1. The second kappa shape index (κ2) is 5.69. The van der Waals surface area contributed by atoms with Crippen LogP contribution in [0.25, 0.3) is 0 Å². The molecule has 1 aromatic carbocycles. The Labute approximate surface area is 111 Å². The minimum atomic E-state index is -3.44. The van der Waals surface area contributed by atoms with Crippen LogP contribution < -0.4 is 0 Å². The zero-order valence-electron chi connectivity index (χ0n) is 10.1. The van der Waals surface area contributed by atoms with Crippen LogP contribution in [0.4, 0.5) is 0 Å². The van der Waals surface area contributed by atoms with Crippen molar-refractivity contribution < 1.29 is 18.3 Å². The minimum absolute atomic E-state index is 0.0389. The summed E-state index contributed by atoms with van der Waals surface area (Å²) in [5, 5.41) is 8.72. The van der Waals surface area contributed by atoms with Gasteiger partial charge in [0.2, 0.25) is 0 Å². The number of aromatic carboxylic acids is 1. The minimum Gasteiger partial charge on any atom is -0.478 e. The van der Waals surface area contributed by atoms with Crippen molar-refractivity contribution in [2.24, 2.45) is 0 Å². The Bertz CT molecular complexity index is 554. The third kappa shape index (κ3) is 3.69. The molecule has 0 aliphatic carbocycles. The highest BCUT2D eigenvalue weighted by atomic mass is 35.5. The Hall–Kier alpha value is -1.11. The van der Waals surface area contributed by atoms with Crippen molar-refractivity contribution in [3.8, 4) is 0 Å². The summed E-state index contributed by atoms with van der Waals surface area (Å²) in [4.78, 5) is 12.6. The first kappa shape index (κ1) is 14.9. The second-order valence-electron chi connectivity index (χ2n) is 4.07. The quantitative estimate of drug-likeness (QED) is 0.887. The molecule has 0 aliphatic heterocycles. The van der Waals surface area contributed by atoms with E-state index in [4.69, 9.17) is 16.7 Å². The highest BCUT2D eigenvalue weighted by Gasteiger charge is 2.17. The van der Waals surface area contributed by atoms with Gasteiger partial charge >= 0.3 is 5.97 Å². The van der Waals surface area contributed by atoms with Gasteiger partial charge in [-0.05, 0) is 32.3 Å². The number of hydrogen-bond acceptors (Lipinski definition) is 4. The number of sulfone groups is 1. The van der Waals surface area contributed by atoms with Crippen molar-refractivity contribution in [2.75, 3.05) is 26.4 Å². The molecule has 0 aromatic heterocycles. The van der Waals surface area contributed by atoms with Crippen LogP contribution in [-0.2, 0) is 9.84 Å². The standard InChI is InChI=1S/C11H14ClNO4S/c1-13(2)5-6-18(16,17)8-3-4-9(11(14)15)10(12)7-8/h3-4,7H,5-6H2,1-2H3,(H,14,15). The summed E-state index contributed by atoms with van der Waals surface area (Å²) in [7, 11) is 0.108. The van der Waals surface area contributed by atoms with Crippen LogP contribution in [0.3, 0.4) is 0 Å². The number of nitrogens with zero attached hydrogens (tertiary/aromatic N) is 1. The second-order valence-corrected chi connectivity index (χ2v) is 6.59. The van der Waals surface area contributed by atoms with Gasteiger partial charge in [-0.25, -0.2) is 13.2 Å². The number of rotatable bonds is 5. The summed E-state index contributed by atoms with van der Waals surface area (Å²) in [5.41, 5.74) is -0.108. The first-order valence-electron chi connectivity index (χ1n) is 5.14. The molecule has 0 atom stereocenters. The van der Waals surface area contributed by atoms with Crippen LogP contribution in [0.15, 0.2) is 23.1 Å². The van der Waals surface area contributed by atoms with Crippen molar-refractivity contribution >= 4 is 27.4 Å². The first-order valence-corrected chi connectivity index (χ1v) is 7.17. The van der Waals surface area contributed by atoms with Gasteiger partial charge < -0.3 is 10.0 Å². The zero-order valence-corrected chi connectivity index (χ0v) is 11.6.